The van der Waals surface area contributed by atoms with Gasteiger partial charge in [-0.15, -0.1) is 11.3 Å². The van der Waals surface area contributed by atoms with Gasteiger partial charge in [0.1, 0.15) is 11.3 Å². The molecule has 0 aliphatic heterocycles. The average molecular weight is 315 g/mol. The second kappa shape index (κ2) is 6.03. The molecule has 0 N–H and O–H groups in total. The highest BCUT2D eigenvalue weighted by molar-refractivity contribution is 7.17. The van der Waals surface area contributed by atoms with Gasteiger partial charge in [0.15, 0.2) is 6.20 Å². The van der Waals surface area contributed by atoms with Crippen molar-refractivity contribution in [1.82, 2.24) is 0 Å². The third-order valence-corrected chi connectivity index (χ3v) is 4.07. The third kappa shape index (κ3) is 2.60. The molecular weight excluding hydrogens is 302 g/mol. The number of rotatable bonds is 4. The van der Waals surface area contributed by atoms with Crippen LogP contribution < -0.4 is 9.47 Å². The lowest BCUT2D eigenvalue weighted by Gasteiger charge is -2.11. The molecule has 0 atom stereocenters. The first-order valence-corrected chi connectivity index (χ1v) is 7.47. The Hall–Kier alpha value is -2.60. The molecule has 112 valence electrons. The first-order valence-electron chi connectivity index (χ1n) is 6.59. The molecule has 2 heterocycles. The Morgan fingerprint density at radius 2 is 2.05 bits per heavy atom. The number of carbonyl (C=O) groups is 1. The minimum absolute atomic E-state index is 0.135. The normalized spacial score (nSPS) is 10.6. The van der Waals surface area contributed by atoms with E-state index in [9.17, 15) is 10.0 Å². The highest BCUT2D eigenvalue weighted by Crippen LogP contribution is 2.31. The van der Waals surface area contributed by atoms with Crippen LogP contribution in [0.25, 0.3) is 10.1 Å². The maximum absolute atomic E-state index is 12.1. The van der Waals surface area contributed by atoms with Crippen LogP contribution in [0.3, 0.4) is 0 Å². The van der Waals surface area contributed by atoms with Gasteiger partial charge in [0.2, 0.25) is 5.75 Å². The fourth-order valence-corrected chi connectivity index (χ4v) is 2.96. The number of aromatic nitrogens is 1. The van der Waals surface area contributed by atoms with Crippen LogP contribution in [0.15, 0.2) is 48.0 Å². The molecule has 0 aliphatic carbocycles. The quantitative estimate of drug-likeness (QED) is 0.422. The molecular formula is C16H13NO4S. The minimum atomic E-state index is -0.717. The van der Waals surface area contributed by atoms with E-state index < -0.39 is 5.97 Å². The van der Waals surface area contributed by atoms with Gasteiger partial charge >= 0.3 is 11.7 Å². The number of esters is 1. The van der Waals surface area contributed by atoms with Crippen molar-refractivity contribution in [2.24, 2.45) is 0 Å². The average Bonchev–Trinajstić information content (AvgIpc) is 3.00. The van der Waals surface area contributed by atoms with Crippen molar-refractivity contribution in [3.8, 4) is 5.75 Å². The monoisotopic (exact) mass is 315 g/mol. The third-order valence-electron chi connectivity index (χ3n) is 3.21. The summed E-state index contributed by atoms with van der Waals surface area (Å²) in [4.78, 5) is 11.9. The fraction of sp³-hybridized carbons (Fsp3) is 0.125. The second-order valence-corrected chi connectivity index (χ2v) is 5.54. The lowest BCUT2D eigenvalue weighted by molar-refractivity contribution is -0.607. The summed E-state index contributed by atoms with van der Waals surface area (Å²) in [7, 11) is 1.24. The Labute approximate surface area is 130 Å². The summed E-state index contributed by atoms with van der Waals surface area (Å²) in [5.41, 5.74) is 0.812. The zero-order valence-electron chi connectivity index (χ0n) is 11.8. The van der Waals surface area contributed by atoms with Crippen LogP contribution in [0.5, 0.6) is 5.75 Å². The van der Waals surface area contributed by atoms with Gasteiger partial charge in [-0.2, -0.15) is 4.73 Å². The van der Waals surface area contributed by atoms with E-state index in [2.05, 4.69) is 0 Å². The van der Waals surface area contributed by atoms with E-state index in [4.69, 9.17) is 9.47 Å². The molecule has 0 saturated carbocycles. The summed E-state index contributed by atoms with van der Waals surface area (Å²) in [5.74, 6) is -0.462. The minimum Gasteiger partial charge on any atom is -0.618 e. The molecule has 22 heavy (non-hydrogen) atoms. The SMILES string of the molecule is COC(=O)c1c(OCc2ccccc2)c2ccsc2c[n+]1[O-]. The Morgan fingerprint density at radius 3 is 2.77 bits per heavy atom. The summed E-state index contributed by atoms with van der Waals surface area (Å²) < 4.78 is 11.7. The number of benzene rings is 1. The van der Waals surface area contributed by atoms with Crippen molar-refractivity contribution in [2.75, 3.05) is 7.11 Å². The van der Waals surface area contributed by atoms with Crippen LogP contribution in [-0.2, 0) is 11.3 Å². The molecule has 0 spiro atoms. The molecule has 0 radical (unpaired) electrons. The topological polar surface area (TPSA) is 62.5 Å². The zero-order chi connectivity index (χ0) is 15.5. The molecule has 2 aromatic heterocycles. The van der Waals surface area contributed by atoms with E-state index in [1.165, 1.54) is 24.6 Å². The zero-order valence-corrected chi connectivity index (χ0v) is 12.6. The molecule has 0 unspecified atom stereocenters. The van der Waals surface area contributed by atoms with Crippen molar-refractivity contribution in [3.05, 3.63) is 64.4 Å². The van der Waals surface area contributed by atoms with Gasteiger partial charge in [0, 0.05) is 5.39 Å². The van der Waals surface area contributed by atoms with Crippen molar-refractivity contribution in [2.45, 2.75) is 6.61 Å². The van der Waals surface area contributed by atoms with Crippen molar-refractivity contribution in [3.63, 3.8) is 0 Å². The lowest BCUT2D eigenvalue weighted by atomic mass is 10.2. The second-order valence-electron chi connectivity index (χ2n) is 4.60. The molecule has 3 aromatic rings. The van der Waals surface area contributed by atoms with E-state index in [-0.39, 0.29) is 18.1 Å². The number of carbonyl (C=O) groups excluding carboxylic acids is 1. The van der Waals surface area contributed by atoms with Gasteiger partial charge in [0.25, 0.3) is 0 Å². The predicted molar refractivity (Wildman–Crippen MR) is 82.9 cm³/mol. The van der Waals surface area contributed by atoms with Crippen molar-refractivity contribution in [1.29, 1.82) is 0 Å². The summed E-state index contributed by atoms with van der Waals surface area (Å²) >= 11 is 1.41. The molecule has 6 heteroatoms. The number of pyridine rings is 1. The van der Waals surface area contributed by atoms with Crippen molar-refractivity contribution < 1.29 is 19.0 Å². The summed E-state index contributed by atoms with van der Waals surface area (Å²) in [6.45, 7) is 0.264. The van der Waals surface area contributed by atoms with Crippen LogP contribution in [0, 0.1) is 5.21 Å². The Balaban J connectivity index is 2.05. The Morgan fingerprint density at radius 1 is 1.27 bits per heavy atom. The van der Waals surface area contributed by atoms with Crippen LogP contribution >= 0.6 is 11.3 Å². The molecule has 0 fully saturated rings. The fourth-order valence-electron chi connectivity index (χ4n) is 2.16. The molecule has 0 aliphatic rings. The van der Waals surface area contributed by atoms with Crippen LogP contribution in [0.1, 0.15) is 16.1 Å². The van der Waals surface area contributed by atoms with Crippen molar-refractivity contribution >= 4 is 27.4 Å². The van der Waals surface area contributed by atoms with Gasteiger partial charge in [-0.25, -0.2) is 4.79 Å². The van der Waals surface area contributed by atoms with Gasteiger partial charge in [-0.3, -0.25) is 0 Å². The maximum Gasteiger partial charge on any atom is 0.408 e. The van der Waals surface area contributed by atoms with E-state index in [1.54, 1.807) is 0 Å². The number of ether oxygens (including phenoxy) is 2. The molecule has 0 bridgehead atoms. The van der Waals surface area contributed by atoms with E-state index >= 15 is 0 Å². The smallest absolute Gasteiger partial charge is 0.408 e. The van der Waals surface area contributed by atoms with Gasteiger partial charge < -0.3 is 14.7 Å². The predicted octanol–water partition coefficient (Wildman–Crippen LogP) is 2.90. The number of nitrogens with zero attached hydrogens (tertiary/aromatic N) is 1. The van der Waals surface area contributed by atoms with Crippen LogP contribution in [0.4, 0.5) is 0 Å². The molecule has 5 nitrogen and oxygen atoms in total. The van der Waals surface area contributed by atoms with E-state index in [1.807, 2.05) is 41.8 Å². The number of fused-ring (bicyclic) bond motifs is 1. The first-order chi connectivity index (χ1) is 10.7. The molecule has 1 aromatic carbocycles. The number of hydrogen-bond donors (Lipinski definition) is 0. The summed E-state index contributed by atoms with van der Waals surface area (Å²) in [6, 6.07) is 11.4. The number of thiophene rings is 1. The standard InChI is InChI=1S/C16H13NO4S/c1-20-16(18)14-15(21-10-11-5-3-2-4-6-11)12-7-8-22-13(12)9-17(14)19/h2-9H,10H2,1H3. The lowest BCUT2D eigenvalue weighted by Crippen LogP contribution is -2.35. The Bertz CT molecular complexity index is 814. The summed E-state index contributed by atoms with van der Waals surface area (Å²) in [5, 5.41) is 14.7. The largest absolute Gasteiger partial charge is 0.618 e. The first kappa shape index (κ1) is 14.3. The van der Waals surface area contributed by atoms with Crippen LogP contribution in [-0.4, -0.2) is 13.1 Å². The van der Waals surface area contributed by atoms with Gasteiger partial charge in [-0.1, -0.05) is 30.3 Å². The number of hydrogen-bond acceptors (Lipinski definition) is 5. The van der Waals surface area contributed by atoms with E-state index in [0.717, 1.165) is 15.6 Å². The maximum atomic E-state index is 12.1. The highest BCUT2D eigenvalue weighted by Gasteiger charge is 2.27. The highest BCUT2D eigenvalue weighted by atomic mass is 32.1. The number of methoxy groups -OCH3 is 1. The van der Waals surface area contributed by atoms with Gasteiger partial charge in [-0.05, 0) is 17.0 Å². The molecule has 0 saturated heterocycles. The Kier molecular flexibility index (Phi) is 3.93. The van der Waals surface area contributed by atoms with E-state index in [0.29, 0.717) is 4.73 Å². The summed E-state index contributed by atoms with van der Waals surface area (Å²) in [6.07, 6.45) is 1.36. The molecule has 3 rings (SSSR count). The van der Waals surface area contributed by atoms with Gasteiger partial charge in [0.05, 0.1) is 7.11 Å². The molecule has 0 amide bonds. The van der Waals surface area contributed by atoms with Crippen LogP contribution in [0.2, 0.25) is 0 Å².